The molecular weight excluding hydrogens is 524 g/mol. The number of anilines is 1. The molecule has 0 radical (unpaired) electrons. The van der Waals surface area contributed by atoms with E-state index < -0.39 is 22.2 Å². The van der Waals surface area contributed by atoms with Gasteiger partial charge in [-0.1, -0.05) is 32.4 Å². The van der Waals surface area contributed by atoms with Crippen LogP contribution in [0.15, 0.2) is 77.9 Å². The van der Waals surface area contributed by atoms with E-state index in [-0.39, 0.29) is 17.3 Å². The number of hydrogen-bond donors (Lipinski definition) is 2. The lowest BCUT2D eigenvalue weighted by Gasteiger charge is -2.17. The molecule has 0 heterocycles. The summed E-state index contributed by atoms with van der Waals surface area (Å²) in [6.07, 6.45) is 3.91. The van der Waals surface area contributed by atoms with Gasteiger partial charge < -0.3 is 10.1 Å². The highest BCUT2D eigenvalue weighted by molar-refractivity contribution is 6.31. The third kappa shape index (κ3) is 8.61. The van der Waals surface area contributed by atoms with Gasteiger partial charge in [-0.2, -0.15) is 5.10 Å². The Balaban J connectivity index is 1.62. The molecule has 3 aromatic carbocycles. The molecule has 0 atom stereocenters. The summed E-state index contributed by atoms with van der Waals surface area (Å²) in [5.41, 5.74) is 3.55. The number of hydrogen-bond acceptors (Lipinski definition) is 7. The van der Waals surface area contributed by atoms with Crippen molar-refractivity contribution in [1.82, 2.24) is 5.43 Å². The zero-order valence-corrected chi connectivity index (χ0v) is 22.1. The van der Waals surface area contributed by atoms with Crippen molar-refractivity contribution >= 4 is 53.0 Å². The normalized spacial score (nSPS) is 11.4. The van der Waals surface area contributed by atoms with Crippen LogP contribution in [0.25, 0.3) is 6.08 Å². The second-order valence-electron chi connectivity index (χ2n) is 9.27. The van der Waals surface area contributed by atoms with E-state index in [1.54, 1.807) is 45.0 Å². The molecule has 0 aliphatic heterocycles. The topological polar surface area (TPSA) is 140 Å². The molecule has 200 valence electrons. The predicted molar refractivity (Wildman–Crippen MR) is 149 cm³/mol. The van der Waals surface area contributed by atoms with Gasteiger partial charge in [-0.25, -0.2) is 10.2 Å². The molecule has 0 saturated carbocycles. The molecule has 0 unspecified atom stereocenters. The van der Waals surface area contributed by atoms with Crippen molar-refractivity contribution in [1.29, 1.82) is 0 Å². The van der Waals surface area contributed by atoms with Crippen LogP contribution >= 0.6 is 11.6 Å². The monoisotopic (exact) mass is 548 g/mol. The Morgan fingerprint density at radius 1 is 1.00 bits per heavy atom. The molecular formula is C28H25ClN4O6. The number of benzene rings is 3. The predicted octanol–water partition coefficient (Wildman–Crippen LogP) is 5.62. The molecule has 0 bridgehead atoms. The van der Waals surface area contributed by atoms with Gasteiger partial charge in [0.15, 0.2) is 0 Å². The van der Waals surface area contributed by atoms with Crippen LogP contribution < -0.4 is 15.5 Å². The number of ether oxygens (including phenoxy) is 1. The molecule has 2 amide bonds. The van der Waals surface area contributed by atoms with E-state index in [0.29, 0.717) is 27.4 Å². The Kier molecular flexibility index (Phi) is 9.29. The number of nitrogens with one attached hydrogen (secondary N) is 2. The molecule has 3 aromatic rings. The first-order valence-corrected chi connectivity index (χ1v) is 12.0. The zero-order chi connectivity index (χ0) is 28.6. The third-order valence-corrected chi connectivity index (χ3v) is 5.39. The minimum absolute atomic E-state index is 0.0616. The Bertz CT molecular complexity index is 1440. The number of esters is 1. The van der Waals surface area contributed by atoms with Crippen molar-refractivity contribution in [2.45, 2.75) is 20.8 Å². The van der Waals surface area contributed by atoms with Crippen LogP contribution in [0, 0.1) is 15.5 Å². The van der Waals surface area contributed by atoms with E-state index in [4.69, 9.17) is 16.3 Å². The molecule has 39 heavy (non-hydrogen) atoms. The molecule has 10 nitrogen and oxygen atoms in total. The number of rotatable bonds is 8. The maximum Gasteiger partial charge on any atom is 0.336 e. The SMILES string of the molecule is CC(C)(C)C(=O)Nc1ccc(C(=O)N/N=C/c2cc(Cl)ccc2OC(=O)/C=C/c2ccc([N+](=O)[O-])cc2)cc1. The first-order chi connectivity index (χ1) is 18.4. The Hall–Kier alpha value is -4.83. The van der Waals surface area contributed by atoms with E-state index in [9.17, 15) is 24.5 Å². The molecule has 0 saturated heterocycles. The smallest absolute Gasteiger partial charge is 0.336 e. The minimum Gasteiger partial charge on any atom is -0.423 e. The van der Waals surface area contributed by atoms with E-state index in [1.807, 2.05) is 0 Å². The first-order valence-electron chi connectivity index (χ1n) is 11.6. The average Bonchev–Trinajstić information content (AvgIpc) is 2.89. The van der Waals surface area contributed by atoms with Gasteiger partial charge in [-0.3, -0.25) is 19.7 Å². The Morgan fingerprint density at radius 3 is 2.28 bits per heavy atom. The highest BCUT2D eigenvalue weighted by atomic mass is 35.5. The highest BCUT2D eigenvalue weighted by Crippen LogP contribution is 2.22. The summed E-state index contributed by atoms with van der Waals surface area (Å²) in [7, 11) is 0. The fourth-order valence-corrected chi connectivity index (χ4v) is 3.16. The van der Waals surface area contributed by atoms with Crippen molar-refractivity contribution < 1.29 is 24.0 Å². The van der Waals surface area contributed by atoms with Gasteiger partial charge in [0, 0.05) is 45.5 Å². The molecule has 11 heteroatoms. The number of amides is 2. The number of nitro benzene ring substituents is 1. The van der Waals surface area contributed by atoms with Crippen LogP contribution in [0.1, 0.15) is 42.3 Å². The van der Waals surface area contributed by atoms with Crippen LogP contribution in [-0.4, -0.2) is 28.9 Å². The lowest BCUT2D eigenvalue weighted by molar-refractivity contribution is -0.384. The number of carbonyl (C=O) groups is 3. The Labute approximate surface area is 229 Å². The molecule has 2 N–H and O–H groups in total. The largest absolute Gasteiger partial charge is 0.423 e. The number of hydrazone groups is 1. The van der Waals surface area contributed by atoms with E-state index in [0.717, 1.165) is 0 Å². The summed E-state index contributed by atoms with van der Waals surface area (Å²) in [4.78, 5) is 47.1. The molecule has 3 rings (SSSR count). The maximum atomic E-state index is 12.5. The van der Waals surface area contributed by atoms with E-state index >= 15 is 0 Å². The highest BCUT2D eigenvalue weighted by Gasteiger charge is 2.21. The van der Waals surface area contributed by atoms with Crippen molar-refractivity contribution in [3.05, 3.63) is 105 Å². The van der Waals surface area contributed by atoms with Gasteiger partial charge >= 0.3 is 5.97 Å². The van der Waals surface area contributed by atoms with Gasteiger partial charge in [-0.05, 0) is 66.2 Å². The van der Waals surface area contributed by atoms with Gasteiger partial charge in [-0.15, -0.1) is 0 Å². The van der Waals surface area contributed by atoms with Crippen molar-refractivity contribution in [3.8, 4) is 5.75 Å². The average molecular weight is 549 g/mol. The van der Waals surface area contributed by atoms with Crippen LogP contribution in [0.5, 0.6) is 5.75 Å². The minimum atomic E-state index is -0.701. The second-order valence-corrected chi connectivity index (χ2v) is 9.70. The Morgan fingerprint density at radius 2 is 1.67 bits per heavy atom. The quantitative estimate of drug-likeness (QED) is 0.0935. The van der Waals surface area contributed by atoms with Gasteiger partial charge in [0.1, 0.15) is 5.75 Å². The number of non-ortho nitro benzene ring substituents is 1. The number of nitro groups is 1. The summed E-state index contributed by atoms with van der Waals surface area (Å²) in [6, 6.07) is 16.5. The molecule has 0 spiro atoms. The van der Waals surface area contributed by atoms with E-state index in [2.05, 4.69) is 15.8 Å². The first kappa shape index (κ1) is 28.7. The molecule has 0 aliphatic carbocycles. The summed E-state index contributed by atoms with van der Waals surface area (Å²) < 4.78 is 5.36. The van der Waals surface area contributed by atoms with Crippen LogP contribution in [0.3, 0.4) is 0 Å². The van der Waals surface area contributed by atoms with Crippen LogP contribution in [-0.2, 0) is 9.59 Å². The summed E-state index contributed by atoms with van der Waals surface area (Å²) in [5.74, 6) is -1.20. The molecule has 0 aromatic heterocycles. The summed E-state index contributed by atoms with van der Waals surface area (Å²) in [5, 5.41) is 17.8. The van der Waals surface area contributed by atoms with Gasteiger partial charge in [0.2, 0.25) is 5.91 Å². The summed E-state index contributed by atoms with van der Waals surface area (Å²) in [6.45, 7) is 5.40. The lowest BCUT2D eigenvalue weighted by Crippen LogP contribution is -2.27. The van der Waals surface area contributed by atoms with Crippen LogP contribution in [0.4, 0.5) is 11.4 Å². The molecule has 0 aliphatic rings. The standard InChI is InChI=1S/C28H25ClN4O6/c1-28(2,3)27(36)31-22-10-7-19(8-11-22)26(35)32-30-17-20-16-21(29)9-14-24(20)39-25(34)15-6-18-4-12-23(13-5-18)33(37)38/h4-17H,1-3H3,(H,31,36)(H,32,35)/b15-6+,30-17+. The lowest BCUT2D eigenvalue weighted by atomic mass is 9.95. The maximum absolute atomic E-state index is 12.5. The number of carbonyl (C=O) groups excluding carboxylic acids is 3. The summed E-state index contributed by atoms with van der Waals surface area (Å²) >= 11 is 6.06. The van der Waals surface area contributed by atoms with Crippen LogP contribution in [0.2, 0.25) is 5.02 Å². The fraction of sp³-hybridized carbons (Fsp3) is 0.143. The third-order valence-electron chi connectivity index (χ3n) is 5.15. The zero-order valence-electron chi connectivity index (χ0n) is 21.3. The fourth-order valence-electron chi connectivity index (χ4n) is 2.98. The number of nitrogens with zero attached hydrogens (tertiary/aromatic N) is 2. The molecule has 0 fully saturated rings. The number of halogens is 1. The van der Waals surface area contributed by atoms with Gasteiger partial charge in [0.25, 0.3) is 11.6 Å². The van der Waals surface area contributed by atoms with Crippen molar-refractivity contribution in [2.75, 3.05) is 5.32 Å². The van der Waals surface area contributed by atoms with Crippen molar-refractivity contribution in [3.63, 3.8) is 0 Å². The van der Waals surface area contributed by atoms with Gasteiger partial charge in [0.05, 0.1) is 11.1 Å². The van der Waals surface area contributed by atoms with Crippen molar-refractivity contribution in [2.24, 2.45) is 10.5 Å². The van der Waals surface area contributed by atoms with E-state index in [1.165, 1.54) is 60.8 Å². The second kappa shape index (κ2) is 12.6.